The van der Waals surface area contributed by atoms with Crippen molar-refractivity contribution < 1.29 is 9.47 Å². The number of fused-ring (bicyclic) bond motifs is 1. The normalized spacial score (nSPS) is 16.9. The van der Waals surface area contributed by atoms with Crippen molar-refractivity contribution >= 4 is 0 Å². The highest BCUT2D eigenvalue weighted by atomic mass is 16.5. The molecule has 0 saturated heterocycles. The maximum absolute atomic E-state index is 5.99. The Bertz CT molecular complexity index is 863. The van der Waals surface area contributed by atoms with Crippen molar-refractivity contribution in [2.24, 2.45) is 0 Å². The van der Waals surface area contributed by atoms with Gasteiger partial charge in [0.05, 0.1) is 32.1 Å². The zero-order valence-corrected chi connectivity index (χ0v) is 15.6. The molecule has 0 saturated carbocycles. The Kier molecular flexibility index (Phi) is 5.51. The van der Waals surface area contributed by atoms with Crippen LogP contribution in [0.4, 0.5) is 0 Å². The second-order valence-electron chi connectivity index (χ2n) is 6.92. The molecule has 1 aromatic carbocycles. The standard InChI is InChI=1S/C22H25N3O2/c1-26-22-9-4-6-18(12-22)13-24-14-20-8-5-11-25(20)21(15-24)17-27-16-19-7-2-3-10-23-19/h2-12,21H,13-17H2,1H3. The van der Waals surface area contributed by atoms with E-state index >= 15 is 0 Å². The van der Waals surface area contributed by atoms with Gasteiger partial charge < -0.3 is 14.0 Å². The molecular formula is C22H25N3O2. The van der Waals surface area contributed by atoms with Crippen LogP contribution < -0.4 is 4.74 Å². The van der Waals surface area contributed by atoms with Crippen LogP contribution in [0.1, 0.15) is 23.0 Å². The van der Waals surface area contributed by atoms with Crippen LogP contribution in [0.3, 0.4) is 0 Å². The number of hydrogen-bond acceptors (Lipinski definition) is 4. The maximum atomic E-state index is 5.99. The van der Waals surface area contributed by atoms with Crippen LogP contribution >= 0.6 is 0 Å². The predicted octanol–water partition coefficient (Wildman–Crippen LogP) is 3.67. The second kappa shape index (κ2) is 8.37. The van der Waals surface area contributed by atoms with Crippen molar-refractivity contribution in [2.45, 2.75) is 25.7 Å². The number of pyridine rings is 1. The first kappa shape index (κ1) is 17.8. The summed E-state index contributed by atoms with van der Waals surface area (Å²) in [5, 5.41) is 0. The van der Waals surface area contributed by atoms with Gasteiger partial charge in [-0.2, -0.15) is 0 Å². The Morgan fingerprint density at radius 1 is 1.11 bits per heavy atom. The first-order chi connectivity index (χ1) is 13.3. The summed E-state index contributed by atoms with van der Waals surface area (Å²) in [4.78, 5) is 6.80. The van der Waals surface area contributed by atoms with Crippen LogP contribution in [0.5, 0.6) is 5.75 Å². The third-order valence-electron chi connectivity index (χ3n) is 4.94. The molecule has 0 amide bonds. The quantitative estimate of drug-likeness (QED) is 0.642. The smallest absolute Gasteiger partial charge is 0.119 e. The van der Waals surface area contributed by atoms with E-state index in [1.807, 2.05) is 30.3 Å². The molecule has 3 aromatic rings. The van der Waals surface area contributed by atoms with Gasteiger partial charge in [0.25, 0.3) is 0 Å². The largest absolute Gasteiger partial charge is 0.497 e. The van der Waals surface area contributed by atoms with Crippen molar-refractivity contribution in [3.8, 4) is 5.75 Å². The number of hydrogen-bond donors (Lipinski definition) is 0. The third-order valence-corrected chi connectivity index (χ3v) is 4.94. The van der Waals surface area contributed by atoms with Gasteiger partial charge in [-0.15, -0.1) is 0 Å². The molecule has 5 heteroatoms. The first-order valence-electron chi connectivity index (χ1n) is 9.30. The van der Waals surface area contributed by atoms with Crippen LogP contribution in [0.15, 0.2) is 67.0 Å². The molecule has 5 nitrogen and oxygen atoms in total. The van der Waals surface area contributed by atoms with Crippen LogP contribution in [0.25, 0.3) is 0 Å². The SMILES string of the molecule is COc1cccc(CN2Cc3cccn3C(COCc3ccccn3)C2)c1. The Morgan fingerprint density at radius 2 is 2.07 bits per heavy atom. The van der Waals surface area contributed by atoms with Crippen molar-refractivity contribution in [3.63, 3.8) is 0 Å². The summed E-state index contributed by atoms with van der Waals surface area (Å²) >= 11 is 0. The summed E-state index contributed by atoms with van der Waals surface area (Å²) in [6.07, 6.45) is 3.96. The zero-order valence-electron chi connectivity index (χ0n) is 15.6. The average Bonchev–Trinajstić information content (AvgIpc) is 3.18. The summed E-state index contributed by atoms with van der Waals surface area (Å²) in [5.74, 6) is 0.906. The van der Waals surface area contributed by atoms with Gasteiger partial charge in [-0.3, -0.25) is 9.88 Å². The molecule has 1 aliphatic rings. The number of aromatic nitrogens is 2. The molecule has 27 heavy (non-hydrogen) atoms. The first-order valence-corrected chi connectivity index (χ1v) is 9.30. The topological polar surface area (TPSA) is 39.5 Å². The van der Waals surface area contributed by atoms with E-state index in [9.17, 15) is 0 Å². The van der Waals surface area contributed by atoms with Crippen molar-refractivity contribution in [1.29, 1.82) is 0 Å². The molecule has 140 valence electrons. The van der Waals surface area contributed by atoms with Gasteiger partial charge in [-0.05, 0) is 42.0 Å². The highest BCUT2D eigenvalue weighted by Gasteiger charge is 2.24. The number of nitrogens with zero attached hydrogens (tertiary/aromatic N) is 3. The van der Waals surface area contributed by atoms with E-state index in [1.54, 1.807) is 13.3 Å². The summed E-state index contributed by atoms with van der Waals surface area (Å²) in [6, 6.07) is 18.8. The van der Waals surface area contributed by atoms with E-state index < -0.39 is 0 Å². The van der Waals surface area contributed by atoms with Crippen LogP contribution in [-0.4, -0.2) is 34.7 Å². The van der Waals surface area contributed by atoms with Gasteiger partial charge in [-0.25, -0.2) is 0 Å². The van der Waals surface area contributed by atoms with Crippen LogP contribution in [-0.2, 0) is 24.4 Å². The zero-order chi connectivity index (χ0) is 18.5. The summed E-state index contributed by atoms with van der Waals surface area (Å²) in [7, 11) is 1.71. The molecule has 0 N–H and O–H groups in total. The minimum absolute atomic E-state index is 0.304. The summed E-state index contributed by atoms with van der Waals surface area (Å²) in [6.45, 7) is 4.03. The Balaban J connectivity index is 1.41. The molecule has 1 unspecified atom stereocenters. The minimum Gasteiger partial charge on any atom is -0.497 e. The van der Waals surface area contributed by atoms with Crippen molar-refractivity contribution in [3.05, 3.63) is 83.9 Å². The Labute approximate surface area is 160 Å². The monoisotopic (exact) mass is 363 g/mol. The lowest BCUT2D eigenvalue weighted by Gasteiger charge is -2.35. The van der Waals surface area contributed by atoms with Gasteiger partial charge in [-0.1, -0.05) is 18.2 Å². The molecule has 0 fully saturated rings. The molecule has 2 aromatic heterocycles. The fourth-order valence-electron chi connectivity index (χ4n) is 3.66. The summed E-state index contributed by atoms with van der Waals surface area (Å²) in [5.41, 5.74) is 3.56. The van der Waals surface area contributed by atoms with Crippen LogP contribution in [0.2, 0.25) is 0 Å². The maximum Gasteiger partial charge on any atom is 0.119 e. The van der Waals surface area contributed by atoms with E-state index in [0.717, 1.165) is 31.1 Å². The average molecular weight is 363 g/mol. The minimum atomic E-state index is 0.304. The second-order valence-corrected chi connectivity index (χ2v) is 6.92. The van der Waals surface area contributed by atoms with E-state index in [-0.39, 0.29) is 0 Å². The molecule has 0 spiro atoms. The lowest BCUT2D eigenvalue weighted by molar-refractivity contribution is 0.0574. The van der Waals surface area contributed by atoms with Crippen molar-refractivity contribution in [1.82, 2.24) is 14.5 Å². The van der Waals surface area contributed by atoms with E-state index in [0.29, 0.717) is 19.3 Å². The van der Waals surface area contributed by atoms with Gasteiger partial charge >= 0.3 is 0 Å². The molecule has 0 aliphatic carbocycles. The van der Waals surface area contributed by atoms with Crippen LogP contribution in [0, 0.1) is 0 Å². The highest BCUT2D eigenvalue weighted by molar-refractivity contribution is 5.28. The molecular weight excluding hydrogens is 338 g/mol. The van der Waals surface area contributed by atoms with Gasteiger partial charge in [0.15, 0.2) is 0 Å². The Morgan fingerprint density at radius 3 is 2.93 bits per heavy atom. The van der Waals surface area contributed by atoms with Crippen molar-refractivity contribution in [2.75, 3.05) is 20.3 Å². The number of rotatable bonds is 7. The molecule has 4 rings (SSSR count). The van der Waals surface area contributed by atoms with E-state index in [2.05, 4.69) is 44.9 Å². The van der Waals surface area contributed by atoms with Gasteiger partial charge in [0.2, 0.25) is 0 Å². The molecule has 0 radical (unpaired) electrons. The molecule has 1 atom stereocenters. The molecule has 3 heterocycles. The lowest BCUT2D eigenvalue weighted by Crippen LogP contribution is -2.38. The Hall–Kier alpha value is -2.63. The number of ether oxygens (including phenoxy) is 2. The number of methoxy groups -OCH3 is 1. The van der Waals surface area contributed by atoms with E-state index in [1.165, 1.54) is 11.3 Å². The number of benzene rings is 1. The van der Waals surface area contributed by atoms with Gasteiger partial charge in [0, 0.05) is 37.7 Å². The molecule has 1 aliphatic heterocycles. The predicted molar refractivity (Wildman–Crippen MR) is 104 cm³/mol. The van der Waals surface area contributed by atoms with Gasteiger partial charge in [0.1, 0.15) is 5.75 Å². The summed E-state index contributed by atoms with van der Waals surface area (Å²) < 4.78 is 13.7. The fraction of sp³-hybridized carbons (Fsp3) is 0.318. The fourth-order valence-corrected chi connectivity index (χ4v) is 3.66. The lowest BCUT2D eigenvalue weighted by atomic mass is 10.1. The third kappa shape index (κ3) is 4.38. The van der Waals surface area contributed by atoms with E-state index in [4.69, 9.17) is 9.47 Å². The highest BCUT2D eigenvalue weighted by Crippen LogP contribution is 2.25. The molecule has 0 bridgehead atoms.